The second-order valence-corrected chi connectivity index (χ2v) is 7.60. The van der Waals surface area contributed by atoms with E-state index < -0.39 is 15.9 Å². The highest BCUT2D eigenvalue weighted by Gasteiger charge is 2.41. The molecule has 2 aromatic carbocycles. The van der Waals surface area contributed by atoms with Gasteiger partial charge < -0.3 is 4.52 Å². The molecule has 1 amide bonds. The molecule has 0 N–H and O–H groups in total. The molecule has 1 aliphatic rings. The number of rotatable bonds is 3. The molecule has 0 fully saturated rings. The number of nitrogens with zero attached hydrogens (tertiary/aromatic N) is 3. The van der Waals surface area contributed by atoms with Gasteiger partial charge in [-0.05, 0) is 36.4 Å². The monoisotopic (exact) mass is 375 g/mol. The Morgan fingerprint density at radius 3 is 2.52 bits per heavy atom. The van der Waals surface area contributed by atoms with Crippen LogP contribution in [0.25, 0.3) is 11.5 Å². The van der Waals surface area contributed by atoms with E-state index in [1.54, 1.807) is 36.4 Å². The molecule has 0 spiro atoms. The van der Waals surface area contributed by atoms with Gasteiger partial charge in [-0.15, -0.1) is 0 Å². The van der Waals surface area contributed by atoms with Crippen molar-refractivity contribution in [2.24, 2.45) is 0 Å². The van der Waals surface area contributed by atoms with Gasteiger partial charge in [0.05, 0.1) is 5.56 Å². The average Bonchev–Trinajstić information content (AvgIpc) is 3.14. The molecular weight excluding hydrogens is 366 g/mol. The number of benzene rings is 2. The van der Waals surface area contributed by atoms with Crippen LogP contribution in [0.3, 0.4) is 0 Å². The van der Waals surface area contributed by atoms with Crippen molar-refractivity contribution >= 4 is 27.5 Å². The van der Waals surface area contributed by atoms with Crippen molar-refractivity contribution in [1.82, 2.24) is 14.4 Å². The summed E-state index contributed by atoms with van der Waals surface area (Å²) in [4.78, 5) is 16.5. The van der Waals surface area contributed by atoms with Crippen molar-refractivity contribution in [2.75, 3.05) is 0 Å². The third-order valence-electron chi connectivity index (χ3n) is 3.76. The van der Waals surface area contributed by atoms with Gasteiger partial charge in [-0.25, -0.2) is 12.7 Å². The van der Waals surface area contributed by atoms with Gasteiger partial charge in [-0.2, -0.15) is 4.98 Å². The van der Waals surface area contributed by atoms with Crippen LogP contribution < -0.4 is 0 Å². The molecule has 1 aromatic heterocycles. The normalized spacial score (nSPS) is 15.4. The molecule has 1 aliphatic heterocycles. The molecule has 0 unspecified atom stereocenters. The average molecular weight is 376 g/mol. The Morgan fingerprint density at radius 1 is 1.08 bits per heavy atom. The molecule has 7 nitrogen and oxygen atoms in total. The first-order valence-corrected chi connectivity index (χ1v) is 9.03. The van der Waals surface area contributed by atoms with Crippen molar-refractivity contribution in [1.29, 1.82) is 0 Å². The first-order chi connectivity index (χ1) is 12.0. The van der Waals surface area contributed by atoms with E-state index in [9.17, 15) is 13.2 Å². The summed E-state index contributed by atoms with van der Waals surface area (Å²) >= 11 is 5.83. The maximum absolute atomic E-state index is 12.5. The predicted molar refractivity (Wildman–Crippen MR) is 88.2 cm³/mol. The first kappa shape index (κ1) is 15.8. The Labute approximate surface area is 147 Å². The lowest BCUT2D eigenvalue weighted by Gasteiger charge is -2.11. The summed E-state index contributed by atoms with van der Waals surface area (Å²) in [5, 5.41) is 4.33. The summed E-state index contributed by atoms with van der Waals surface area (Å²) in [5.74, 6) is -0.295. The Bertz CT molecular complexity index is 1080. The fraction of sp³-hybridized carbons (Fsp3) is 0.0625. The van der Waals surface area contributed by atoms with E-state index in [0.29, 0.717) is 10.6 Å². The highest BCUT2D eigenvalue weighted by Crippen LogP contribution is 2.31. The van der Waals surface area contributed by atoms with Crippen LogP contribution in [-0.4, -0.2) is 28.8 Å². The van der Waals surface area contributed by atoms with Crippen LogP contribution in [0.2, 0.25) is 5.02 Å². The SMILES string of the molecule is O=C1c2ccccc2S(=O)(=O)N1Cc1noc(-c2ccc(Cl)cc2)n1. The number of hydrogen-bond acceptors (Lipinski definition) is 6. The van der Waals surface area contributed by atoms with Gasteiger partial charge in [-0.1, -0.05) is 28.9 Å². The Balaban J connectivity index is 1.64. The zero-order chi connectivity index (χ0) is 17.6. The molecule has 9 heteroatoms. The van der Waals surface area contributed by atoms with Crippen LogP contribution in [0.1, 0.15) is 16.2 Å². The van der Waals surface area contributed by atoms with E-state index in [2.05, 4.69) is 10.1 Å². The molecule has 0 atom stereocenters. The third-order valence-corrected chi connectivity index (χ3v) is 5.80. The standard InChI is InChI=1S/C16H10ClN3O4S/c17-11-7-5-10(6-8-11)15-18-14(19-24-15)9-20-16(21)12-3-1-2-4-13(12)25(20,22)23/h1-8H,9H2. The van der Waals surface area contributed by atoms with Crippen molar-refractivity contribution in [3.8, 4) is 11.5 Å². The summed E-state index contributed by atoms with van der Waals surface area (Å²) in [7, 11) is -3.91. The summed E-state index contributed by atoms with van der Waals surface area (Å²) in [5.41, 5.74) is 0.783. The number of hydrogen-bond donors (Lipinski definition) is 0. The van der Waals surface area contributed by atoms with Crippen molar-refractivity contribution in [3.63, 3.8) is 0 Å². The maximum Gasteiger partial charge on any atom is 0.269 e. The van der Waals surface area contributed by atoms with Crippen molar-refractivity contribution in [3.05, 3.63) is 64.9 Å². The fourth-order valence-corrected chi connectivity index (χ4v) is 4.19. The van der Waals surface area contributed by atoms with Gasteiger partial charge in [0.15, 0.2) is 5.82 Å². The quantitative estimate of drug-likeness (QED) is 0.698. The number of aromatic nitrogens is 2. The molecule has 0 bridgehead atoms. The Kier molecular flexibility index (Phi) is 3.59. The second kappa shape index (κ2) is 5.68. The van der Waals surface area contributed by atoms with E-state index in [4.69, 9.17) is 16.1 Å². The van der Waals surface area contributed by atoms with E-state index in [0.717, 1.165) is 4.31 Å². The van der Waals surface area contributed by atoms with E-state index in [1.807, 2.05) is 0 Å². The van der Waals surface area contributed by atoms with Gasteiger partial charge in [0.2, 0.25) is 0 Å². The van der Waals surface area contributed by atoms with Crippen molar-refractivity contribution in [2.45, 2.75) is 11.4 Å². The topological polar surface area (TPSA) is 93.4 Å². The van der Waals surface area contributed by atoms with Gasteiger partial charge in [0.25, 0.3) is 21.8 Å². The molecule has 0 saturated heterocycles. The van der Waals surface area contributed by atoms with Gasteiger partial charge >= 0.3 is 0 Å². The molecule has 0 saturated carbocycles. The molecule has 25 heavy (non-hydrogen) atoms. The lowest BCUT2D eigenvalue weighted by Crippen LogP contribution is -2.29. The highest BCUT2D eigenvalue weighted by atomic mass is 35.5. The van der Waals surface area contributed by atoms with Crippen LogP contribution in [0, 0.1) is 0 Å². The number of sulfonamides is 1. The van der Waals surface area contributed by atoms with Gasteiger partial charge in [0.1, 0.15) is 11.4 Å². The smallest absolute Gasteiger partial charge is 0.269 e. The zero-order valence-corrected chi connectivity index (χ0v) is 14.2. The number of carbonyl (C=O) groups excluding carboxylic acids is 1. The maximum atomic E-state index is 12.5. The van der Waals surface area contributed by atoms with Crippen LogP contribution in [0.5, 0.6) is 0 Å². The summed E-state index contributed by atoms with van der Waals surface area (Å²) in [6, 6.07) is 12.8. The number of fused-ring (bicyclic) bond motifs is 1. The Hall–Kier alpha value is -2.71. The second-order valence-electron chi connectivity index (χ2n) is 5.34. The molecule has 0 aliphatic carbocycles. The molecule has 0 radical (unpaired) electrons. The van der Waals surface area contributed by atoms with Crippen LogP contribution >= 0.6 is 11.6 Å². The number of carbonyl (C=O) groups is 1. The molecule has 4 rings (SSSR count). The minimum absolute atomic E-state index is 0.0126. The molecular formula is C16H10ClN3O4S. The van der Waals surface area contributed by atoms with Gasteiger partial charge in [0, 0.05) is 10.6 Å². The summed E-state index contributed by atoms with van der Waals surface area (Å²) in [6.07, 6.45) is 0. The van der Waals surface area contributed by atoms with Crippen LogP contribution in [0.4, 0.5) is 0 Å². The highest BCUT2D eigenvalue weighted by molar-refractivity contribution is 7.90. The number of amides is 1. The molecule has 126 valence electrons. The Morgan fingerprint density at radius 2 is 1.80 bits per heavy atom. The lowest BCUT2D eigenvalue weighted by molar-refractivity contribution is 0.0862. The van der Waals surface area contributed by atoms with Gasteiger partial charge in [-0.3, -0.25) is 4.79 Å². The fourth-order valence-electron chi connectivity index (χ4n) is 2.54. The summed E-state index contributed by atoms with van der Waals surface area (Å²) in [6.45, 7) is -0.299. The molecule has 3 aromatic rings. The lowest BCUT2D eigenvalue weighted by atomic mass is 10.2. The largest absolute Gasteiger partial charge is 0.334 e. The summed E-state index contributed by atoms with van der Waals surface area (Å²) < 4.78 is 30.9. The first-order valence-electron chi connectivity index (χ1n) is 7.21. The van der Waals surface area contributed by atoms with E-state index in [-0.39, 0.29) is 28.7 Å². The zero-order valence-electron chi connectivity index (χ0n) is 12.6. The van der Waals surface area contributed by atoms with Crippen molar-refractivity contribution < 1.29 is 17.7 Å². The minimum atomic E-state index is -3.91. The number of halogens is 1. The third kappa shape index (κ3) is 2.59. The minimum Gasteiger partial charge on any atom is -0.334 e. The van der Waals surface area contributed by atoms with E-state index >= 15 is 0 Å². The van der Waals surface area contributed by atoms with Crippen LogP contribution in [0.15, 0.2) is 57.9 Å². The van der Waals surface area contributed by atoms with E-state index in [1.165, 1.54) is 12.1 Å². The molecule has 2 heterocycles. The van der Waals surface area contributed by atoms with Crippen LogP contribution in [-0.2, 0) is 16.6 Å². The predicted octanol–water partition coefficient (Wildman–Crippen LogP) is 2.73.